The van der Waals surface area contributed by atoms with E-state index >= 15 is 0 Å². The first-order valence-electron chi connectivity index (χ1n) is 8.98. The first-order chi connectivity index (χ1) is 13.0. The summed E-state index contributed by atoms with van der Waals surface area (Å²) in [6, 6.07) is 12.0. The van der Waals surface area contributed by atoms with Gasteiger partial charge in [0.15, 0.2) is 5.78 Å². The maximum absolute atomic E-state index is 12.7. The Balaban J connectivity index is 1.94. The minimum Gasteiger partial charge on any atom is -0.444 e. The van der Waals surface area contributed by atoms with E-state index in [0.717, 1.165) is 29.1 Å². The van der Waals surface area contributed by atoms with Crippen LogP contribution in [-0.2, 0) is 9.53 Å². The first-order valence-corrected chi connectivity index (χ1v) is 8.98. The fourth-order valence-corrected chi connectivity index (χ4v) is 4.04. The van der Waals surface area contributed by atoms with Crippen LogP contribution < -0.4 is 5.73 Å². The van der Waals surface area contributed by atoms with Crippen LogP contribution >= 0.6 is 0 Å². The van der Waals surface area contributed by atoms with E-state index in [2.05, 4.69) is 11.2 Å². The molecule has 0 unspecified atom stereocenters. The lowest BCUT2D eigenvalue weighted by molar-refractivity contribution is -0.116. The van der Waals surface area contributed by atoms with E-state index in [4.69, 9.17) is 10.5 Å². The lowest BCUT2D eigenvalue weighted by atomic mass is 9.77. The Morgan fingerprint density at radius 2 is 2.00 bits per heavy atom. The molecule has 1 atom stereocenters. The van der Waals surface area contributed by atoms with Crippen LogP contribution in [0.3, 0.4) is 0 Å². The minimum atomic E-state index is -0.524. The summed E-state index contributed by atoms with van der Waals surface area (Å²) in [6.07, 6.45) is 1.85. The van der Waals surface area contributed by atoms with Gasteiger partial charge >= 0.3 is 0 Å². The van der Waals surface area contributed by atoms with Gasteiger partial charge in [-0.25, -0.2) is 4.68 Å². The molecule has 0 saturated heterocycles. The summed E-state index contributed by atoms with van der Waals surface area (Å²) in [4.78, 5) is 12.7. The van der Waals surface area contributed by atoms with E-state index in [9.17, 15) is 10.1 Å². The molecule has 1 aromatic heterocycles. The largest absolute Gasteiger partial charge is 0.444 e. The molecule has 2 aromatic rings. The number of rotatable bonds is 2. The summed E-state index contributed by atoms with van der Waals surface area (Å²) in [6.45, 7) is 3.85. The van der Waals surface area contributed by atoms with Crippen molar-refractivity contribution in [1.82, 2.24) is 9.78 Å². The summed E-state index contributed by atoms with van der Waals surface area (Å²) in [5.41, 5.74) is 10.3. The highest BCUT2D eigenvalue weighted by molar-refractivity contribution is 5.99. The monoisotopic (exact) mass is 360 g/mol. The van der Waals surface area contributed by atoms with Crippen molar-refractivity contribution in [3.63, 3.8) is 0 Å². The predicted octanol–water partition coefficient (Wildman–Crippen LogP) is 3.30. The molecule has 0 bridgehead atoms. The van der Waals surface area contributed by atoms with E-state index in [0.29, 0.717) is 24.2 Å². The Kier molecular flexibility index (Phi) is 4.08. The molecule has 1 aromatic carbocycles. The average Bonchev–Trinajstić information content (AvgIpc) is 2.95. The molecule has 2 aliphatic rings. The van der Waals surface area contributed by atoms with Crippen LogP contribution in [0.5, 0.6) is 0 Å². The number of hydrogen-bond donors (Lipinski definition) is 1. The van der Waals surface area contributed by atoms with Crippen molar-refractivity contribution in [1.29, 1.82) is 5.26 Å². The molecule has 2 N–H and O–H groups in total. The number of Topliss-reactive ketones (excluding diaryl/α,β-unsaturated/α-hetero) is 1. The highest BCUT2D eigenvalue weighted by Crippen LogP contribution is 2.45. The number of nitrogens with zero attached hydrogens (tertiary/aromatic N) is 3. The predicted molar refractivity (Wildman–Crippen MR) is 99.6 cm³/mol. The van der Waals surface area contributed by atoms with Gasteiger partial charge in [0.1, 0.15) is 17.4 Å². The first kappa shape index (κ1) is 17.1. The number of aromatic nitrogens is 2. The number of aryl methyl sites for hydroxylation is 1. The third-order valence-electron chi connectivity index (χ3n) is 5.24. The maximum Gasteiger partial charge on any atom is 0.205 e. The van der Waals surface area contributed by atoms with Crippen molar-refractivity contribution >= 4 is 5.78 Å². The van der Waals surface area contributed by atoms with E-state index in [1.807, 2.05) is 48.9 Å². The molecule has 0 amide bonds. The van der Waals surface area contributed by atoms with Gasteiger partial charge in [-0.3, -0.25) is 4.79 Å². The molecule has 6 nitrogen and oxygen atoms in total. The molecule has 6 heteroatoms. The molecule has 0 fully saturated rings. The third kappa shape index (κ3) is 2.63. The Hall–Kier alpha value is -3.33. The summed E-state index contributed by atoms with van der Waals surface area (Å²) in [5, 5.41) is 14.4. The highest BCUT2D eigenvalue weighted by Gasteiger charge is 2.40. The van der Waals surface area contributed by atoms with Gasteiger partial charge < -0.3 is 10.5 Å². The number of benzene rings is 1. The number of hydrogen-bond acceptors (Lipinski definition) is 5. The molecule has 136 valence electrons. The Morgan fingerprint density at radius 1 is 1.26 bits per heavy atom. The van der Waals surface area contributed by atoms with Crippen molar-refractivity contribution in [3.8, 4) is 11.8 Å². The van der Waals surface area contributed by atoms with Gasteiger partial charge in [0, 0.05) is 29.7 Å². The summed E-state index contributed by atoms with van der Waals surface area (Å²) < 4.78 is 7.50. The van der Waals surface area contributed by atoms with Crippen molar-refractivity contribution in [3.05, 3.63) is 70.1 Å². The van der Waals surface area contributed by atoms with Gasteiger partial charge in [0.05, 0.1) is 17.3 Å². The van der Waals surface area contributed by atoms with E-state index in [-0.39, 0.29) is 17.2 Å². The van der Waals surface area contributed by atoms with Crippen LogP contribution in [0.25, 0.3) is 5.69 Å². The number of allylic oxidation sites excluding steroid dienone is 3. The quantitative estimate of drug-likeness (QED) is 0.887. The van der Waals surface area contributed by atoms with Crippen LogP contribution in [0, 0.1) is 25.2 Å². The van der Waals surface area contributed by atoms with Gasteiger partial charge in [-0.1, -0.05) is 18.2 Å². The standard InChI is InChI=1S/C21H20N4O2/c1-12-18(13(2)25(24-12)14-7-4-3-5-8-14)19-15(11-22)21(23)27-17-10-6-9-16(26)20(17)19/h3-5,7-8,19H,6,9-10,23H2,1-2H3/t19-/m0/s1. The number of nitriles is 1. The van der Waals surface area contributed by atoms with Crippen molar-refractivity contribution < 1.29 is 9.53 Å². The van der Waals surface area contributed by atoms with Gasteiger partial charge in [0.25, 0.3) is 0 Å². The number of carbonyl (C=O) groups is 1. The zero-order chi connectivity index (χ0) is 19.1. The molecule has 1 aliphatic heterocycles. The van der Waals surface area contributed by atoms with E-state index in [1.54, 1.807) is 0 Å². The molecule has 0 spiro atoms. The second-order valence-electron chi connectivity index (χ2n) is 6.87. The van der Waals surface area contributed by atoms with Crippen LogP contribution in [0.4, 0.5) is 0 Å². The second-order valence-corrected chi connectivity index (χ2v) is 6.87. The summed E-state index contributed by atoms with van der Waals surface area (Å²) in [5.74, 6) is 0.179. The smallest absolute Gasteiger partial charge is 0.205 e. The third-order valence-corrected chi connectivity index (χ3v) is 5.24. The van der Waals surface area contributed by atoms with Gasteiger partial charge in [0.2, 0.25) is 5.88 Å². The molecular weight excluding hydrogens is 340 g/mol. The Bertz CT molecular complexity index is 1040. The second kappa shape index (κ2) is 6.44. The minimum absolute atomic E-state index is 0.0211. The molecule has 4 rings (SSSR count). The summed E-state index contributed by atoms with van der Waals surface area (Å²) in [7, 11) is 0. The zero-order valence-corrected chi connectivity index (χ0v) is 15.3. The van der Waals surface area contributed by atoms with E-state index < -0.39 is 5.92 Å². The average molecular weight is 360 g/mol. The number of nitrogens with two attached hydrogens (primary N) is 1. The number of ketones is 1. The fourth-order valence-electron chi connectivity index (χ4n) is 4.04. The Morgan fingerprint density at radius 3 is 2.70 bits per heavy atom. The van der Waals surface area contributed by atoms with Crippen molar-refractivity contribution in [2.75, 3.05) is 0 Å². The topological polar surface area (TPSA) is 93.9 Å². The van der Waals surface area contributed by atoms with E-state index in [1.165, 1.54) is 0 Å². The molecule has 0 saturated carbocycles. The van der Waals surface area contributed by atoms with Crippen LogP contribution in [0.15, 0.2) is 53.1 Å². The molecule has 2 heterocycles. The molecule has 1 aliphatic carbocycles. The molecule has 0 radical (unpaired) electrons. The molecular formula is C21H20N4O2. The zero-order valence-electron chi connectivity index (χ0n) is 15.3. The molecule has 27 heavy (non-hydrogen) atoms. The van der Waals surface area contributed by atoms with Crippen LogP contribution in [-0.4, -0.2) is 15.6 Å². The lowest BCUT2D eigenvalue weighted by Crippen LogP contribution is -2.28. The van der Waals surface area contributed by atoms with Gasteiger partial charge in [-0.15, -0.1) is 0 Å². The summed E-state index contributed by atoms with van der Waals surface area (Å²) >= 11 is 0. The van der Waals surface area contributed by atoms with Crippen molar-refractivity contribution in [2.24, 2.45) is 5.73 Å². The number of ether oxygens (including phenoxy) is 1. The van der Waals surface area contributed by atoms with Crippen molar-refractivity contribution in [2.45, 2.75) is 39.0 Å². The highest BCUT2D eigenvalue weighted by atomic mass is 16.5. The van der Waals surface area contributed by atoms with Gasteiger partial charge in [-0.2, -0.15) is 10.4 Å². The number of carbonyl (C=O) groups excluding carboxylic acids is 1. The Labute approximate surface area is 157 Å². The normalized spacial score (nSPS) is 19.6. The SMILES string of the molecule is Cc1nn(-c2ccccc2)c(C)c1[C@@H]1C(C#N)=C(N)OC2=C1C(=O)CCC2. The van der Waals surface area contributed by atoms with Crippen LogP contribution in [0.1, 0.15) is 42.1 Å². The van der Waals surface area contributed by atoms with Crippen LogP contribution in [0.2, 0.25) is 0 Å². The lowest BCUT2D eigenvalue weighted by Gasteiger charge is -2.31. The fraction of sp³-hybridized carbons (Fsp3) is 0.286. The maximum atomic E-state index is 12.7. The number of para-hydroxylation sites is 1. The van der Waals surface area contributed by atoms with Gasteiger partial charge in [-0.05, 0) is 32.4 Å².